The Hall–Kier alpha value is -3.06. The quantitative estimate of drug-likeness (QED) is 0.183. The van der Waals surface area contributed by atoms with Crippen LogP contribution in [-0.4, -0.2) is 22.7 Å². The maximum atomic E-state index is 13.7. The fourth-order valence-corrected chi connectivity index (χ4v) is 4.10. The molecule has 0 radical (unpaired) electrons. The highest BCUT2D eigenvalue weighted by atomic mass is 127. The van der Waals surface area contributed by atoms with E-state index in [0.717, 1.165) is 10.1 Å². The molecule has 184 valence electrons. The molecule has 0 fully saturated rings. The zero-order valence-electron chi connectivity index (χ0n) is 18.7. The molecule has 0 saturated carbocycles. The van der Waals surface area contributed by atoms with E-state index in [1.807, 2.05) is 0 Å². The number of H-pyrrole nitrogens is 1. The Morgan fingerprint density at radius 3 is 2.51 bits per heavy atom. The second-order valence-corrected chi connectivity index (χ2v) is 9.94. The molecule has 0 aliphatic heterocycles. The fourth-order valence-electron chi connectivity index (χ4n) is 3.56. The summed E-state index contributed by atoms with van der Waals surface area (Å²) in [6.45, 7) is 2.29. The zero-order chi connectivity index (χ0) is 25.3. The van der Waals surface area contributed by atoms with E-state index in [2.05, 4.69) is 9.50 Å². The molecule has 0 saturated heterocycles. The average molecular weight is 618 g/mol. The zero-order valence-corrected chi connectivity index (χ0v) is 21.6. The molecule has 2 aromatic carbocycles. The first-order valence-electron chi connectivity index (χ1n) is 10.4. The molecule has 35 heavy (non-hydrogen) atoms. The van der Waals surface area contributed by atoms with E-state index in [9.17, 15) is 18.4 Å². The molecule has 8 nitrogen and oxygen atoms in total. The van der Waals surface area contributed by atoms with Crippen LogP contribution in [0.2, 0.25) is 5.02 Å². The highest BCUT2D eigenvalue weighted by Crippen LogP contribution is 2.33. The van der Waals surface area contributed by atoms with Crippen molar-refractivity contribution in [2.45, 2.75) is 24.1 Å². The number of benzene rings is 2. The Labute approximate surface area is 213 Å². The van der Waals surface area contributed by atoms with Crippen LogP contribution in [0.5, 0.6) is 17.5 Å². The van der Waals surface area contributed by atoms with Gasteiger partial charge in [-0.3, -0.25) is 13.9 Å². The van der Waals surface area contributed by atoms with Crippen molar-refractivity contribution in [2.75, 3.05) is 0 Å². The van der Waals surface area contributed by atoms with Crippen molar-refractivity contribution in [3.05, 3.63) is 80.0 Å². The Morgan fingerprint density at radius 1 is 1.17 bits per heavy atom. The van der Waals surface area contributed by atoms with Crippen LogP contribution in [0, 0.1) is 0 Å². The summed E-state index contributed by atoms with van der Waals surface area (Å²) in [6.07, 6.45) is 0. The Balaban J connectivity index is 1.86. The number of fused-ring (bicyclic) bond motifs is 1. The van der Waals surface area contributed by atoms with Gasteiger partial charge in [-0.15, -0.1) is 0 Å². The molecule has 2 heterocycles. The van der Waals surface area contributed by atoms with E-state index in [-0.39, 0.29) is 35.2 Å². The molecule has 0 bridgehead atoms. The van der Waals surface area contributed by atoms with Gasteiger partial charge in [-0.05, 0) is 36.8 Å². The number of ether oxygens (including phenoxy) is 2. The molecular weight excluding hydrogens is 597 g/mol. The molecule has 0 spiro atoms. The lowest BCUT2D eigenvalue weighted by molar-refractivity contribution is -0.667. The van der Waals surface area contributed by atoms with Gasteiger partial charge in [-0.25, -0.2) is 4.79 Å². The van der Waals surface area contributed by atoms with E-state index in [0.29, 0.717) is 11.6 Å². The Morgan fingerprint density at radius 2 is 1.86 bits per heavy atom. The van der Waals surface area contributed by atoms with Crippen LogP contribution in [-0.2, 0) is 20.1 Å². The lowest BCUT2D eigenvalue weighted by atomic mass is 10.2. The number of aromatic amines is 1. The summed E-state index contributed by atoms with van der Waals surface area (Å²) in [7, 11) is 1.41. The van der Waals surface area contributed by atoms with Gasteiger partial charge in [0.05, 0.1) is 0 Å². The normalized spacial score (nSPS) is 11.7. The number of aryl methyl sites for hydroxylation is 1. The van der Waals surface area contributed by atoms with Gasteiger partial charge < -0.3 is 9.47 Å². The monoisotopic (exact) mass is 617 g/mol. The van der Waals surface area contributed by atoms with Gasteiger partial charge in [-0.2, -0.15) is 18.3 Å². The van der Waals surface area contributed by atoms with Crippen molar-refractivity contribution in [2.24, 2.45) is 7.05 Å². The second kappa shape index (κ2) is 9.90. The smallest absolute Gasteiger partial charge is 0.425 e. The first-order valence-corrected chi connectivity index (χ1v) is 13.4. The van der Waals surface area contributed by atoms with Crippen LogP contribution in [0.3, 0.4) is 0 Å². The highest BCUT2D eigenvalue weighted by Gasteiger charge is 2.30. The van der Waals surface area contributed by atoms with Crippen molar-refractivity contribution >= 4 is 48.0 Å². The number of aromatic nitrogens is 4. The third kappa shape index (κ3) is 5.15. The maximum absolute atomic E-state index is 13.7. The minimum absolute atomic E-state index is 0.0856. The predicted octanol–water partition coefficient (Wildman–Crippen LogP) is 4.16. The predicted molar refractivity (Wildman–Crippen MR) is 137 cm³/mol. The van der Waals surface area contributed by atoms with Crippen LogP contribution >= 0.6 is 32.3 Å². The van der Waals surface area contributed by atoms with Gasteiger partial charge >= 0.3 is 21.4 Å². The van der Waals surface area contributed by atoms with E-state index in [1.54, 1.807) is 41.8 Å². The standard InChI is InChI=1S/C23H20ClF2IN4O4/c1-4-30-19-18(20(32)29(3)22(30)33)31(13-14-8-10-15(24)11-9-14)21(28-19)34-16-6-5-7-17(12-16)35-23(25,26)27-2/h5-12H,2,4,13H2,1,3H3/p+1. The molecule has 4 aromatic rings. The molecule has 1 N–H and O–H groups in total. The van der Waals surface area contributed by atoms with Crippen LogP contribution in [0.15, 0.2) is 58.1 Å². The number of imidazole rings is 1. The van der Waals surface area contributed by atoms with Crippen LogP contribution in [0.4, 0.5) is 8.78 Å². The van der Waals surface area contributed by atoms with Crippen molar-refractivity contribution in [1.29, 1.82) is 0 Å². The number of rotatable bonds is 8. The summed E-state index contributed by atoms with van der Waals surface area (Å²) in [5, 5.41) is 0.559. The number of hydrogen-bond acceptors (Lipinski definition) is 4. The number of halogens is 4. The summed E-state index contributed by atoms with van der Waals surface area (Å²) in [6, 6.07) is 13.0. The molecule has 0 unspecified atom stereocenters. The maximum Gasteiger partial charge on any atom is 0.462 e. The summed E-state index contributed by atoms with van der Waals surface area (Å²) in [5.74, 6) is 0.108. The van der Waals surface area contributed by atoms with E-state index in [1.165, 1.54) is 29.8 Å². The second-order valence-electron chi connectivity index (χ2n) is 7.49. The first kappa shape index (κ1) is 25.0. The number of alkyl halides is 3. The van der Waals surface area contributed by atoms with Crippen molar-refractivity contribution in [3.63, 3.8) is 0 Å². The van der Waals surface area contributed by atoms with Crippen molar-refractivity contribution < 1.29 is 22.8 Å². The molecule has 4 rings (SSSR count). The summed E-state index contributed by atoms with van der Waals surface area (Å²) < 4.78 is 42.2. The average Bonchev–Trinajstić information content (AvgIpc) is 3.16. The highest BCUT2D eigenvalue weighted by molar-refractivity contribution is 14.2. The van der Waals surface area contributed by atoms with Crippen LogP contribution < -0.4 is 25.3 Å². The summed E-state index contributed by atoms with van der Waals surface area (Å²) in [5.41, 5.74) is 0.332. The van der Waals surface area contributed by atoms with Gasteiger partial charge in [0.2, 0.25) is 0 Å². The van der Waals surface area contributed by atoms with Gasteiger partial charge in [0.15, 0.2) is 0 Å². The van der Waals surface area contributed by atoms with E-state index >= 15 is 0 Å². The van der Waals surface area contributed by atoms with E-state index in [4.69, 9.17) is 21.1 Å². The van der Waals surface area contributed by atoms with Gasteiger partial charge in [0.25, 0.3) is 11.2 Å². The van der Waals surface area contributed by atoms with Gasteiger partial charge in [-0.1, -0.05) is 34.3 Å². The van der Waals surface area contributed by atoms with Crippen LogP contribution in [0.25, 0.3) is 11.2 Å². The number of nitrogens with zero attached hydrogens (tertiary/aromatic N) is 3. The number of hydrogen-bond donors (Lipinski definition) is 1. The summed E-state index contributed by atoms with van der Waals surface area (Å²) in [4.78, 5) is 28.8. The molecule has 0 atom stereocenters. The van der Waals surface area contributed by atoms with Gasteiger partial charge in [0, 0.05) is 45.4 Å². The SMILES string of the molecule is C=IC(F)(F)Oc1cccc(Oc2[nH]c3c(c(=O)n(C)c(=O)n3CC)[n+]2Cc2ccc(Cl)cc2)c1. The largest absolute Gasteiger partial charge is 0.462 e. The third-order valence-electron chi connectivity index (χ3n) is 5.24. The van der Waals surface area contributed by atoms with Crippen LogP contribution in [0.1, 0.15) is 12.5 Å². The lowest BCUT2D eigenvalue weighted by Crippen LogP contribution is -2.44. The third-order valence-corrected chi connectivity index (χ3v) is 6.60. The molecule has 12 heteroatoms. The van der Waals surface area contributed by atoms with Gasteiger partial charge in [0.1, 0.15) is 18.0 Å². The first-order chi connectivity index (χ1) is 16.6. The fraction of sp³-hybridized carbons (Fsp3) is 0.217. The molecule has 0 amide bonds. The molecule has 0 aliphatic carbocycles. The molecule has 0 aliphatic rings. The Kier molecular flexibility index (Phi) is 7.08. The van der Waals surface area contributed by atoms with Crippen molar-refractivity contribution in [1.82, 2.24) is 14.1 Å². The van der Waals surface area contributed by atoms with Crippen molar-refractivity contribution in [3.8, 4) is 17.5 Å². The topological polar surface area (TPSA) is 82.1 Å². The molecular formula is C23H21ClF2IN4O4+. The van der Waals surface area contributed by atoms with E-state index < -0.39 is 36.1 Å². The minimum atomic E-state index is -3.32. The summed E-state index contributed by atoms with van der Waals surface area (Å²) >= 11 is 4.28. The molecule has 2 aromatic heterocycles. The number of nitrogens with one attached hydrogen (secondary N) is 1. The lowest BCUT2D eigenvalue weighted by Gasteiger charge is -2.13. The Bertz CT molecular complexity index is 1530. The minimum Gasteiger partial charge on any atom is -0.425 e.